The topological polar surface area (TPSA) is 63.9 Å². The quantitative estimate of drug-likeness (QED) is 0.836. The van der Waals surface area contributed by atoms with Crippen LogP contribution in [0.4, 0.5) is 0 Å². The Morgan fingerprint density at radius 3 is 2.64 bits per heavy atom. The largest absolute Gasteiger partial charge is 0.494 e. The molecule has 1 aromatic carbocycles. The number of amides is 1. The van der Waals surface area contributed by atoms with E-state index in [-0.39, 0.29) is 11.9 Å². The van der Waals surface area contributed by atoms with Crippen LogP contribution in [0.5, 0.6) is 5.75 Å². The maximum absolute atomic E-state index is 12.4. The molecule has 1 aliphatic heterocycles. The molecule has 6 heteroatoms. The normalized spacial score (nSPS) is 16.4. The summed E-state index contributed by atoms with van der Waals surface area (Å²) in [5.41, 5.74) is 0.614. The Kier molecular flexibility index (Phi) is 6.09. The minimum absolute atomic E-state index is 0.00514. The van der Waals surface area contributed by atoms with Gasteiger partial charge >= 0.3 is 0 Å². The standard InChI is InChI=1S/C19H24N2O4/c1-2-24-16-7-5-15(6-8-16)19(22)20-14-17(18-4-3-11-25-18)21-9-12-23-13-10-21/h3-8,11,17H,2,9-10,12-14H2,1H3,(H,20,22)/t17-/m1/s1. The number of morpholine rings is 1. The lowest BCUT2D eigenvalue weighted by Crippen LogP contribution is -2.43. The van der Waals surface area contributed by atoms with E-state index in [9.17, 15) is 4.79 Å². The molecular formula is C19H24N2O4. The molecule has 1 amide bonds. The van der Waals surface area contributed by atoms with Crippen LogP contribution in [-0.4, -0.2) is 50.3 Å². The maximum atomic E-state index is 12.4. The van der Waals surface area contributed by atoms with Gasteiger partial charge in [0, 0.05) is 25.2 Å². The van der Waals surface area contributed by atoms with E-state index in [1.165, 1.54) is 0 Å². The van der Waals surface area contributed by atoms with Crippen molar-refractivity contribution in [2.75, 3.05) is 39.5 Å². The van der Waals surface area contributed by atoms with E-state index in [1.807, 2.05) is 31.2 Å². The third kappa shape index (κ3) is 4.61. The molecule has 1 aliphatic rings. The number of hydrogen-bond donors (Lipinski definition) is 1. The molecule has 1 fully saturated rings. The second kappa shape index (κ2) is 8.69. The highest BCUT2D eigenvalue weighted by Gasteiger charge is 2.25. The molecule has 25 heavy (non-hydrogen) atoms. The van der Waals surface area contributed by atoms with E-state index in [2.05, 4.69) is 10.2 Å². The van der Waals surface area contributed by atoms with Crippen molar-refractivity contribution >= 4 is 5.91 Å². The molecule has 0 bridgehead atoms. The third-order valence-electron chi connectivity index (χ3n) is 4.24. The zero-order chi connectivity index (χ0) is 17.5. The summed E-state index contributed by atoms with van der Waals surface area (Å²) < 4.78 is 16.4. The Bertz CT molecular complexity index is 649. The highest BCUT2D eigenvalue weighted by Crippen LogP contribution is 2.22. The number of carbonyl (C=O) groups is 1. The van der Waals surface area contributed by atoms with Crippen molar-refractivity contribution in [2.24, 2.45) is 0 Å². The lowest BCUT2D eigenvalue weighted by molar-refractivity contribution is 0.0118. The van der Waals surface area contributed by atoms with Crippen LogP contribution in [0, 0.1) is 0 Å². The van der Waals surface area contributed by atoms with Gasteiger partial charge in [-0.1, -0.05) is 0 Å². The molecule has 6 nitrogen and oxygen atoms in total. The zero-order valence-electron chi connectivity index (χ0n) is 14.4. The Balaban J connectivity index is 1.62. The number of rotatable bonds is 7. The fraction of sp³-hybridized carbons (Fsp3) is 0.421. The average molecular weight is 344 g/mol. The Morgan fingerprint density at radius 2 is 2.00 bits per heavy atom. The fourth-order valence-corrected chi connectivity index (χ4v) is 2.94. The molecule has 0 aliphatic carbocycles. The van der Waals surface area contributed by atoms with Crippen molar-refractivity contribution in [2.45, 2.75) is 13.0 Å². The first-order valence-electron chi connectivity index (χ1n) is 8.64. The van der Waals surface area contributed by atoms with Gasteiger partial charge in [0.05, 0.1) is 32.1 Å². The van der Waals surface area contributed by atoms with Gasteiger partial charge in [-0.3, -0.25) is 9.69 Å². The summed E-state index contributed by atoms with van der Waals surface area (Å²) in [5.74, 6) is 1.52. The van der Waals surface area contributed by atoms with Crippen molar-refractivity contribution in [1.29, 1.82) is 0 Å². The zero-order valence-corrected chi connectivity index (χ0v) is 14.4. The fourth-order valence-electron chi connectivity index (χ4n) is 2.94. The first-order valence-corrected chi connectivity index (χ1v) is 8.64. The second-order valence-corrected chi connectivity index (χ2v) is 5.85. The van der Waals surface area contributed by atoms with Crippen molar-refractivity contribution in [3.8, 4) is 5.75 Å². The second-order valence-electron chi connectivity index (χ2n) is 5.85. The molecule has 0 unspecified atom stereocenters. The van der Waals surface area contributed by atoms with Crippen molar-refractivity contribution < 1.29 is 18.7 Å². The van der Waals surface area contributed by atoms with E-state index in [4.69, 9.17) is 13.9 Å². The molecule has 0 saturated carbocycles. The first-order chi connectivity index (χ1) is 12.3. The minimum atomic E-state index is -0.104. The van der Waals surface area contributed by atoms with Gasteiger partial charge in [-0.2, -0.15) is 0 Å². The van der Waals surface area contributed by atoms with Gasteiger partial charge < -0.3 is 19.2 Å². The lowest BCUT2D eigenvalue weighted by atomic mass is 10.1. The van der Waals surface area contributed by atoms with Crippen molar-refractivity contribution in [3.05, 3.63) is 54.0 Å². The Labute approximate surface area is 147 Å². The van der Waals surface area contributed by atoms with E-state index in [1.54, 1.807) is 18.4 Å². The molecular weight excluding hydrogens is 320 g/mol. The monoisotopic (exact) mass is 344 g/mol. The molecule has 0 spiro atoms. The van der Waals surface area contributed by atoms with Crippen LogP contribution in [0.25, 0.3) is 0 Å². The van der Waals surface area contributed by atoms with Crippen LogP contribution < -0.4 is 10.1 Å². The van der Waals surface area contributed by atoms with Gasteiger partial charge in [0.25, 0.3) is 5.91 Å². The minimum Gasteiger partial charge on any atom is -0.494 e. The predicted octanol–water partition coefficient (Wildman–Crippen LogP) is 2.48. The molecule has 0 radical (unpaired) electrons. The molecule has 2 aromatic rings. The molecule has 2 heterocycles. The van der Waals surface area contributed by atoms with E-state index in [0.717, 1.165) is 24.6 Å². The van der Waals surface area contributed by atoms with Gasteiger partial charge in [-0.05, 0) is 43.3 Å². The summed E-state index contributed by atoms with van der Waals surface area (Å²) in [6.45, 7) is 6.07. The Morgan fingerprint density at radius 1 is 1.24 bits per heavy atom. The average Bonchev–Trinajstić information content (AvgIpc) is 3.18. The van der Waals surface area contributed by atoms with E-state index >= 15 is 0 Å². The van der Waals surface area contributed by atoms with Gasteiger partial charge in [0.15, 0.2) is 0 Å². The van der Waals surface area contributed by atoms with Crippen LogP contribution in [0.1, 0.15) is 29.1 Å². The highest BCUT2D eigenvalue weighted by molar-refractivity contribution is 5.94. The number of nitrogens with one attached hydrogen (secondary N) is 1. The smallest absolute Gasteiger partial charge is 0.251 e. The van der Waals surface area contributed by atoms with Gasteiger partial charge in [-0.25, -0.2) is 0 Å². The number of nitrogens with zero attached hydrogens (tertiary/aromatic N) is 1. The Hall–Kier alpha value is -2.31. The number of carbonyl (C=O) groups excluding carboxylic acids is 1. The van der Waals surface area contributed by atoms with Gasteiger partial charge in [-0.15, -0.1) is 0 Å². The van der Waals surface area contributed by atoms with Crippen LogP contribution in [0.2, 0.25) is 0 Å². The van der Waals surface area contributed by atoms with Crippen molar-refractivity contribution in [1.82, 2.24) is 10.2 Å². The number of hydrogen-bond acceptors (Lipinski definition) is 5. The summed E-state index contributed by atoms with van der Waals surface area (Å²) in [6, 6.07) is 11.0. The number of furan rings is 1. The molecule has 1 N–H and O–H groups in total. The summed E-state index contributed by atoms with van der Waals surface area (Å²) >= 11 is 0. The van der Waals surface area contributed by atoms with Gasteiger partial charge in [0.1, 0.15) is 11.5 Å². The van der Waals surface area contributed by atoms with Crippen LogP contribution in [0.15, 0.2) is 47.1 Å². The lowest BCUT2D eigenvalue weighted by Gasteiger charge is -2.33. The maximum Gasteiger partial charge on any atom is 0.251 e. The molecule has 1 aromatic heterocycles. The molecule has 1 saturated heterocycles. The SMILES string of the molecule is CCOc1ccc(C(=O)NC[C@H](c2ccco2)N2CCOCC2)cc1. The predicted molar refractivity (Wildman–Crippen MR) is 93.8 cm³/mol. The highest BCUT2D eigenvalue weighted by atomic mass is 16.5. The van der Waals surface area contributed by atoms with Crippen LogP contribution in [0.3, 0.4) is 0 Å². The summed E-state index contributed by atoms with van der Waals surface area (Å²) in [7, 11) is 0. The number of ether oxygens (including phenoxy) is 2. The van der Waals surface area contributed by atoms with Crippen LogP contribution in [-0.2, 0) is 4.74 Å². The van der Waals surface area contributed by atoms with Gasteiger partial charge in [0.2, 0.25) is 0 Å². The molecule has 1 atom stereocenters. The van der Waals surface area contributed by atoms with E-state index in [0.29, 0.717) is 31.9 Å². The van der Waals surface area contributed by atoms with Crippen molar-refractivity contribution in [3.63, 3.8) is 0 Å². The number of benzene rings is 1. The summed E-state index contributed by atoms with van der Waals surface area (Å²) in [6.07, 6.45) is 1.66. The summed E-state index contributed by atoms with van der Waals surface area (Å²) in [4.78, 5) is 14.7. The first kappa shape index (κ1) is 17.5. The summed E-state index contributed by atoms with van der Waals surface area (Å²) in [5, 5.41) is 3.01. The molecule has 3 rings (SSSR count). The third-order valence-corrected chi connectivity index (χ3v) is 4.24. The van der Waals surface area contributed by atoms with Crippen LogP contribution >= 0.6 is 0 Å². The van der Waals surface area contributed by atoms with E-state index < -0.39 is 0 Å². The molecule has 134 valence electrons.